The molecular weight excluding hydrogens is 234 g/mol. The second-order valence-corrected chi connectivity index (χ2v) is 6.36. The van der Waals surface area contributed by atoms with Gasteiger partial charge in [0.2, 0.25) is 0 Å². The third-order valence-corrected chi connectivity index (χ3v) is 5.23. The van der Waals surface area contributed by atoms with Crippen molar-refractivity contribution >= 4 is 0 Å². The van der Waals surface area contributed by atoms with Crippen LogP contribution < -0.4 is 5.32 Å². The number of hydrogen-bond donors (Lipinski definition) is 1. The van der Waals surface area contributed by atoms with Crippen LogP contribution in [0.3, 0.4) is 0 Å². The Kier molecular flexibility index (Phi) is 3.64. The van der Waals surface area contributed by atoms with Crippen molar-refractivity contribution < 1.29 is 4.74 Å². The van der Waals surface area contributed by atoms with E-state index in [2.05, 4.69) is 43.6 Å². The van der Waals surface area contributed by atoms with Crippen molar-refractivity contribution in [1.82, 2.24) is 5.32 Å². The van der Waals surface area contributed by atoms with E-state index in [1.54, 1.807) is 0 Å². The topological polar surface area (TPSA) is 21.3 Å². The van der Waals surface area contributed by atoms with E-state index in [4.69, 9.17) is 4.74 Å². The largest absolute Gasteiger partial charge is 0.379 e. The number of nitrogens with one attached hydrogen (secondary N) is 1. The van der Waals surface area contributed by atoms with Gasteiger partial charge in [0.25, 0.3) is 0 Å². The molecule has 0 spiro atoms. The minimum atomic E-state index is 0.310. The lowest BCUT2D eigenvalue weighted by molar-refractivity contribution is -0.0988. The van der Waals surface area contributed by atoms with Crippen molar-refractivity contribution in [2.75, 3.05) is 20.3 Å². The Bertz CT molecular complexity index is 431. The summed E-state index contributed by atoms with van der Waals surface area (Å²) < 4.78 is 5.62. The molecule has 1 aliphatic carbocycles. The van der Waals surface area contributed by atoms with Crippen LogP contribution in [0.15, 0.2) is 24.3 Å². The molecule has 1 N–H and O–H groups in total. The average molecular weight is 259 g/mol. The Labute approximate surface area is 116 Å². The van der Waals surface area contributed by atoms with Crippen molar-refractivity contribution in [2.45, 2.75) is 44.1 Å². The zero-order valence-electron chi connectivity index (χ0n) is 12.1. The fourth-order valence-corrected chi connectivity index (χ4v) is 3.85. The second-order valence-electron chi connectivity index (χ2n) is 6.36. The summed E-state index contributed by atoms with van der Waals surface area (Å²) in [6, 6.07) is 9.79. The van der Waals surface area contributed by atoms with E-state index in [1.165, 1.54) is 36.8 Å². The fraction of sp³-hybridized carbons (Fsp3) is 0.647. The van der Waals surface area contributed by atoms with Gasteiger partial charge in [-0.3, -0.25) is 0 Å². The summed E-state index contributed by atoms with van der Waals surface area (Å²) in [4.78, 5) is 0. The van der Waals surface area contributed by atoms with Crippen molar-refractivity contribution in [3.05, 3.63) is 35.4 Å². The molecule has 2 nitrogen and oxygen atoms in total. The maximum absolute atomic E-state index is 5.62. The standard InChI is InChI=1S/C17H25NO/c1-13-4-3-5-15(10-13)17(11-19-12-17)14-6-8-16(18-2)9-7-14/h3-5,10,14,16,18H,6-9,11-12H2,1-2H3. The smallest absolute Gasteiger partial charge is 0.0588 e. The first-order valence-electron chi connectivity index (χ1n) is 7.57. The SMILES string of the molecule is CNC1CCC(C2(c3cccc(C)c3)COC2)CC1. The molecule has 3 rings (SSSR count). The van der Waals surface area contributed by atoms with Crippen molar-refractivity contribution in [2.24, 2.45) is 5.92 Å². The third-order valence-electron chi connectivity index (χ3n) is 5.23. The van der Waals surface area contributed by atoms with E-state index in [0.29, 0.717) is 5.41 Å². The summed E-state index contributed by atoms with van der Waals surface area (Å²) in [6.45, 7) is 4.03. The summed E-state index contributed by atoms with van der Waals surface area (Å²) >= 11 is 0. The molecule has 1 aliphatic heterocycles. The minimum absolute atomic E-state index is 0.310. The molecule has 1 saturated carbocycles. The van der Waals surface area contributed by atoms with Crippen molar-refractivity contribution in [3.63, 3.8) is 0 Å². The van der Waals surface area contributed by atoms with Crippen LogP contribution in [0.1, 0.15) is 36.8 Å². The summed E-state index contributed by atoms with van der Waals surface area (Å²) in [5.74, 6) is 0.799. The maximum atomic E-state index is 5.62. The van der Waals surface area contributed by atoms with Crippen LogP contribution in [0, 0.1) is 12.8 Å². The van der Waals surface area contributed by atoms with E-state index in [0.717, 1.165) is 25.2 Å². The molecule has 0 unspecified atom stereocenters. The Balaban J connectivity index is 1.80. The van der Waals surface area contributed by atoms with Gasteiger partial charge < -0.3 is 10.1 Å². The first-order chi connectivity index (χ1) is 9.24. The normalized spacial score (nSPS) is 29.8. The zero-order chi connectivity index (χ0) is 13.3. The monoisotopic (exact) mass is 259 g/mol. The average Bonchev–Trinajstić information content (AvgIpc) is 2.38. The summed E-state index contributed by atoms with van der Waals surface area (Å²) in [7, 11) is 2.09. The minimum Gasteiger partial charge on any atom is -0.379 e. The van der Waals surface area contributed by atoms with Crippen LogP contribution in [0.2, 0.25) is 0 Å². The molecule has 19 heavy (non-hydrogen) atoms. The maximum Gasteiger partial charge on any atom is 0.0588 e. The first-order valence-corrected chi connectivity index (χ1v) is 7.57. The van der Waals surface area contributed by atoms with Crippen LogP contribution in [-0.2, 0) is 10.2 Å². The van der Waals surface area contributed by atoms with Gasteiger partial charge in [0.15, 0.2) is 0 Å². The number of benzene rings is 1. The predicted octanol–water partition coefficient (Wildman–Crippen LogP) is 3.04. The molecule has 1 aromatic carbocycles. The van der Waals surface area contributed by atoms with Gasteiger partial charge in [0.1, 0.15) is 0 Å². The van der Waals surface area contributed by atoms with Gasteiger partial charge in [-0.1, -0.05) is 29.8 Å². The third kappa shape index (κ3) is 2.32. The summed E-state index contributed by atoms with van der Waals surface area (Å²) in [5, 5.41) is 3.43. The van der Waals surface area contributed by atoms with Gasteiger partial charge in [-0.2, -0.15) is 0 Å². The van der Waals surface area contributed by atoms with Gasteiger partial charge >= 0.3 is 0 Å². The highest BCUT2D eigenvalue weighted by Gasteiger charge is 2.47. The highest BCUT2D eigenvalue weighted by Crippen LogP contribution is 2.46. The zero-order valence-corrected chi connectivity index (χ0v) is 12.1. The molecule has 0 aromatic heterocycles. The highest BCUT2D eigenvalue weighted by atomic mass is 16.5. The van der Waals surface area contributed by atoms with Crippen LogP contribution >= 0.6 is 0 Å². The van der Waals surface area contributed by atoms with Crippen LogP contribution in [0.25, 0.3) is 0 Å². The van der Waals surface area contributed by atoms with E-state index in [-0.39, 0.29) is 0 Å². The molecule has 0 radical (unpaired) electrons. The Morgan fingerprint density at radius 2 is 1.89 bits per heavy atom. The molecule has 1 heterocycles. The van der Waals surface area contributed by atoms with Crippen molar-refractivity contribution in [3.8, 4) is 0 Å². The Hall–Kier alpha value is -0.860. The van der Waals surface area contributed by atoms with E-state index < -0.39 is 0 Å². The van der Waals surface area contributed by atoms with Gasteiger partial charge in [-0.05, 0) is 51.1 Å². The summed E-state index contributed by atoms with van der Waals surface area (Å²) in [5.41, 5.74) is 3.18. The molecule has 0 bridgehead atoms. The van der Waals surface area contributed by atoms with E-state index in [9.17, 15) is 0 Å². The van der Waals surface area contributed by atoms with Crippen molar-refractivity contribution in [1.29, 1.82) is 0 Å². The summed E-state index contributed by atoms with van der Waals surface area (Å²) in [6.07, 6.45) is 5.30. The highest BCUT2D eigenvalue weighted by molar-refractivity contribution is 5.33. The molecule has 2 aliphatic rings. The molecule has 2 heteroatoms. The molecule has 1 saturated heterocycles. The predicted molar refractivity (Wildman–Crippen MR) is 78.5 cm³/mol. The van der Waals surface area contributed by atoms with Crippen LogP contribution in [0.4, 0.5) is 0 Å². The lowest BCUT2D eigenvalue weighted by Gasteiger charge is -2.50. The number of hydrogen-bond acceptors (Lipinski definition) is 2. The lowest BCUT2D eigenvalue weighted by Crippen LogP contribution is -2.54. The molecular formula is C17H25NO. The van der Waals surface area contributed by atoms with Gasteiger partial charge in [-0.25, -0.2) is 0 Å². The second kappa shape index (κ2) is 5.26. The quantitative estimate of drug-likeness (QED) is 0.901. The van der Waals surface area contributed by atoms with Gasteiger partial charge in [0, 0.05) is 11.5 Å². The van der Waals surface area contributed by atoms with Crippen LogP contribution in [-0.4, -0.2) is 26.3 Å². The number of aryl methyl sites for hydroxylation is 1. The first kappa shape index (κ1) is 13.1. The number of ether oxygens (including phenoxy) is 1. The Morgan fingerprint density at radius 3 is 2.42 bits per heavy atom. The number of rotatable bonds is 3. The molecule has 0 amide bonds. The van der Waals surface area contributed by atoms with E-state index in [1.807, 2.05) is 0 Å². The molecule has 2 fully saturated rings. The molecule has 1 aromatic rings. The fourth-order valence-electron chi connectivity index (χ4n) is 3.85. The van der Waals surface area contributed by atoms with Gasteiger partial charge in [0.05, 0.1) is 13.2 Å². The lowest BCUT2D eigenvalue weighted by atomic mass is 9.63. The molecule has 104 valence electrons. The molecule has 0 atom stereocenters. The van der Waals surface area contributed by atoms with Gasteiger partial charge in [-0.15, -0.1) is 0 Å². The Morgan fingerprint density at radius 1 is 1.16 bits per heavy atom. The van der Waals surface area contributed by atoms with E-state index >= 15 is 0 Å². The van der Waals surface area contributed by atoms with Crippen LogP contribution in [0.5, 0.6) is 0 Å².